The number of rotatable bonds is 3. The number of hydrogen-bond donors (Lipinski definition) is 2. The van der Waals surface area contributed by atoms with Crippen LogP contribution in [0, 0.1) is 5.92 Å². The number of nitrogens with one attached hydrogen (secondary N) is 1. The molecule has 0 saturated heterocycles. The van der Waals surface area contributed by atoms with Crippen molar-refractivity contribution in [1.82, 2.24) is 5.32 Å². The van der Waals surface area contributed by atoms with E-state index in [1.807, 2.05) is 11.8 Å². The Bertz CT molecular complexity index is 372. The lowest BCUT2D eigenvalue weighted by atomic mass is 9.95. The van der Waals surface area contributed by atoms with Crippen LogP contribution in [0.5, 0.6) is 0 Å². The minimum atomic E-state index is 0.194. The molecule has 88 valence electrons. The molecular formula is C12H16BrNOS. The van der Waals surface area contributed by atoms with Gasteiger partial charge in [0, 0.05) is 27.7 Å². The molecule has 2 rings (SSSR count). The van der Waals surface area contributed by atoms with Crippen molar-refractivity contribution < 1.29 is 5.11 Å². The van der Waals surface area contributed by atoms with Crippen molar-refractivity contribution in [3.05, 3.63) is 28.2 Å². The Kier molecular flexibility index (Phi) is 4.30. The molecule has 0 amide bonds. The van der Waals surface area contributed by atoms with Crippen molar-refractivity contribution in [2.75, 3.05) is 18.9 Å². The van der Waals surface area contributed by atoms with Gasteiger partial charge in [0.2, 0.25) is 0 Å². The summed E-state index contributed by atoms with van der Waals surface area (Å²) in [7, 11) is 0. The first-order valence-corrected chi connectivity index (χ1v) is 7.26. The van der Waals surface area contributed by atoms with E-state index in [9.17, 15) is 0 Å². The molecule has 2 nitrogen and oxygen atoms in total. The third-order valence-electron chi connectivity index (χ3n) is 2.85. The van der Waals surface area contributed by atoms with Crippen LogP contribution in [0.15, 0.2) is 27.6 Å². The smallest absolute Gasteiger partial charge is 0.0556 e. The molecule has 0 spiro atoms. The number of halogens is 1. The molecule has 2 N–H and O–H groups in total. The quantitative estimate of drug-likeness (QED) is 0.900. The van der Waals surface area contributed by atoms with E-state index in [2.05, 4.69) is 46.4 Å². The molecular weight excluding hydrogens is 286 g/mol. The van der Waals surface area contributed by atoms with E-state index >= 15 is 0 Å². The Hall–Kier alpha value is -0.0300. The van der Waals surface area contributed by atoms with E-state index in [1.54, 1.807) is 0 Å². The van der Waals surface area contributed by atoms with Crippen LogP contribution in [0.4, 0.5) is 0 Å². The average Bonchev–Trinajstić information content (AvgIpc) is 2.28. The van der Waals surface area contributed by atoms with E-state index in [0.717, 1.165) is 10.2 Å². The Morgan fingerprint density at radius 1 is 1.56 bits per heavy atom. The summed E-state index contributed by atoms with van der Waals surface area (Å²) in [6, 6.07) is 6.81. The number of thioether (sulfide) groups is 1. The highest BCUT2D eigenvalue weighted by Gasteiger charge is 2.26. The minimum Gasteiger partial charge on any atom is -0.395 e. The maximum absolute atomic E-state index is 8.91. The fourth-order valence-corrected chi connectivity index (χ4v) is 3.58. The second kappa shape index (κ2) is 5.54. The zero-order valence-electron chi connectivity index (χ0n) is 9.24. The first kappa shape index (κ1) is 12.4. The lowest BCUT2D eigenvalue weighted by Gasteiger charge is -2.31. The lowest BCUT2D eigenvalue weighted by Crippen LogP contribution is -2.32. The van der Waals surface area contributed by atoms with Gasteiger partial charge in [0.25, 0.3) is 0 Å². The van der Waals surface area contributed by atoms with Crippen LogP contribution in [0.2, 0.25) is 0 Å². The Balaban J connectivity index is 2.27. The van der Waals surface area contributed by atoms with Gasteiger partial charge in [-0.1, -0.05) is 22.9 Å². The number of aliphatic hydroxyl groups excluding tert-OH is 1. The molecule has 0 bridgehead atoms. The fraction of sp³-hybridized carbons (Fsp3) is 0.500. The maximum atomic E-state index is 8.91. The van der Waals surface area contributed by atoms with Crippen molar-refractivity contribution in [3.8, 4) is 0 Å². The molecule has 0 radical (unpaired) electrons. The molecule has 4 heteroatoms. The van der Waals surface area contributed by atoms with Gasteiger partial charge in [-0.05, 0) is 29.7 Å². The largest absolute Gasteiger partial charge is 0.395 e. The Labute approximate surface area is 109 Å². The summed E-state index contributed by atoms with van der Waals surface area (Å²) in [5.41, 5.74) is 1.35. The highest BCUT2D eigenvalue weighted by atomic mass is 79.9. The SMILES string of the molecule is CC1CSc2ccc(Br)cc2C1NCCO. The molecule has 1 aromatic carbocycles. The highest BCUT2D eigenvalue weighted by Crippen LogP contribution is 2.40. The third-order valence-corrected chi connectivity index (χ3v) is 4.72. The Morgan fingerprint density at radius 3 is 3.12 bits per heavy atom. The molecule has 1 aromatic rings. The zero-order chi connectivity index (χ0) is 11.5. The van der Waals surface area contributed by atoms with Gasteiger partial charge < -0.3 is 10.4 Å². The summed E-state index contributed by atoms with van der Waals surface area (Å²) in [5.74, 6) is 1.73. The molecule has 0 saturated carbocycles. The van der Waals surface area contributed by atoms with E-state index < -0.39 is 0 Å². The minimum absolute atomic E-state index is 0.194. The van der Waals surface area contributed by atoms with Crippen LogP contribution in [-0.4, -0.2) is 24.0 Å². The van der Waals surface area contributed by atoms with Crippen molar-refractivity contribution >= 4 is 27.7 Å². The molecule has 0 fully saturated rings. The Morgan fingerprint density at radius 2 is 2.38 bits per heavy atom. The normalized spacial score (nSPS) is 24.2. The van der Waals surface area contributed by atoms with E-state index in [0.29, 0.717) is 18.5 Å². The van der Waals surface area contributed by atoms with Crippen molar-refractivity contribution in [2.24, 2.45) is 5.92 Å². The van der Waals surface area contributed by atoms with Gasteiger partial charge in [-0.3, -0.25) is 0 Å². The molecule has 2 atom stereocenters. The summed E-state index contributed by atoms with van der Waals surface area (Å²) in [4.78, 5) is 1.36. The fourth-order valence-electron chi connectivity index (χ4n) is 2.05. The van der Waals surface area contributed by atoms with Crippen LogP contribution in [0.1, 0.15) is 18.5 Å². The van der Waals surface area contributed by atoms with Crippen molar-refractivity contribution in [1.29, 1.82) is 0 Å². The van der Waals surface area contributed by atoms with E-state index in [-0.39, 0.29) is 6.61 Å². The average molecular weight is 302 g/mol. The van der Waals surface area contributed by atoms with Gasteiger partial charge >= 0.3 is 0 Å². The van der Waals surface area contributed by atoms with Gasteiger partial charge in [-0.25, -0.2) is 0 Å². The van der Waals surface area contributed by atoms with Crippen molar-refractivity contribution in [3.63, 3.8) is 0 Å². The zero-order valence-corrected chi connectivity index (χ0v) is 11.6. The topological polar surface area (TPSA) is 32.3 Å². The summed E-state index contributed by atoms with van der Waals surface area (Å²) in [6.45, 7) is 3.11. The maximum Gasteiger partial charge on any atom is 0.0556 e. The molecule has 1 aliphatic rings. The highest BCUT2D eigenvalue weighted by molar-refractivity contribution is 9.10. The number of benzene rings is 1. The molecule has 0 aliphatic carbocycles. The van der Waals surface area contributed by atoms with Crippen LogP contribution >= 0.6 is 27.7 Å². The number of aliphatic hydroxyl groups is 1. The predicted octanol–water partition coefficient (Wildman–Crippen LogP) is 2.81. The molecule has 1 heterocycles. The lowest BCUT2D eigenvalue weighted by molar-refractivity contribution is 0.273. The van der Waals surface area contributed by atoms with Crippen molar-refractivity contribution in [2.45, 2.75) is 17.9 Å². The van der Waals surface area contributed by atoms with Gasteiger partial charge in [0.1, 0.15) is 0 Å². The van der Waals surface area contributed by atoms with Gasteiger partial charge in [-0.15, -0.1) is 11.8 Å². The van der Waals surface area contributed by atoms with Gasteiger partial charge in [-0.2, -0.15) is 0 Å². The van der Waals surface area contributed by atoms with E-state index in [1.165, 1.54) is 10.5 Å². The molecule has 16 heavy (non-hydrogen) atoms. The van der Waals surface area contributed by atoms with Crippen LogP contribution in [-0.2, 0) is 0 Å². The first-order chi connectivity index (χ1) is 7.72. The van der Waals surface area contributed by atoms with E-state index in [4.69, 9.17) is 5.11 Å². The second-order valence-electron chi connectivity index (χ2n) is 4.13. The monoisotopic (exact) mass is 301 g/mol. The van der Waals surface area contributed by atoms with Gasteiger partial charge in [0.15, 0.2) is 0 Å². The summed E-state index contributed by atoms with van der Waals surface area (Å²) in [6.07, 6.45) is 0. The van der Waals surface area contributed by atoms with Crippen LogP contribution in [0.3, 0.4) is 0 Å². The summed E-state index contributed by atoms with van der Waals surface area (Å²) >= 11 is 5.44. The first-order valence-electron chi connectivity index (χ1n) is 5.49. The second-order valence-corrected chi connectivity index (χ2v) is 6.10. The predicted molar refractivity (Wildman–Crippen MR) is 71.9 cm³/mol. The third kappa shape index (κ3) is 2.62. The molecule has 0 aromatic heterocycles. The number of fused-ring (bicyclic) bond motifs is 1. The van der Waals surface area contributed by atoms with Gasteiger partial charge in [0.05, 0.1) is 6.61 Å². The molecule has 1 aliphatic heterocycles. The van der Waals surface area contributed by atoms with Crippen LogP contribution in [0.25, 0.3) is 0 Å². The summed E-state index contributed by atoms with van der Waals surface area (Å²) < 4.78 is 1.12. The summed E-state index contributed by atoms with van der Waals surface area (Å²) in [5, 5.41) is 12.3. The number of hydrogen-bond acceptors (Lipinski definition) is 3. The van der Waals surface area contributed by atoms with Crippen LogP contribution < -0.4 is 5.32 Å². The molecule has 2 unspecified atom stereocenters. The standard InChI is InChI=1S/C12H16BrNOS/c1-8-7-16-11-3-2-9(13)6-10(11)12(8)14-4-5-15/h2-3,6,8,12,14-15H,4-5,7H2,1H3.